The molecule has 0 saturated heterocycles. The molecule has 1 N–H and O–H groups in total. The average molecular weight is 281 g/mol. The van der Waals surface area contributed by atoms with Crippen LogP contribution >= 0.6 is 11.6 Å². The van der Waals surface area contributed by atoms with Crippen LogP contribution in [0.15, 0.2) is 42.6 Å². The molecule has 0 atom stereocenters. The average Bonchev–Trinajstić information content (AvgIpc) is 2.42. The van der Waals surface area contributed by atoms with Crippen LogP contribution in [-0.2, 0) is 6.54 Å². The van der Waals surface area contributed by atoms with Gasteiger partial charge in [-0.2, -0.15) is 0 Å². The zero-order valence-corrected chi connectivity index (χ0v) is 11.0. The molecule has 0 aliphatic heterocycles. The van der Waals surface area contributed by atoms with Crippen molar-refractivity contribution in [3.63, 3.8) is 0 Å². The molecule has 2 aromatic rings. The summed E-state index contributed by atoms with van der Waals surface area (Å²) in [7, 11) is 0. The van der Waals surface area contributed by atoms with Gasteiger partial charge in [-0.1, -0.05) is 23.7 Å². The number of hydrogen-bond acceptors (Lipinski definition) is 3. The van der Waals surface area contributed by atoms with E-state index in [1.165, 1.54) is 6.07 Å². The lowest BCUT2D eigenvalue weighted by Gasteiger charge is -2.09. The molecule has 5 heteroatoms. The van der Waals surface area contributed by atoms with E-state index in [-0.39, 0.29) is 10.8 Å². The largest absolute Gasteiger partial charge is 0.488 e. The molecule has 1 aromatic heterocycles. The van der Waals surface area contributed by atoms with Crippen LogP contribution in [0.2, 0.25) is 5.02 Å². The van der Waals surface area contributed by atoms with E-state index in [4.69, 9.17) is 16.3 Å². The van der Waals surface area contributed by atoms with E-state index in [9.17, 15) is 4.39 Å². The van der Waals surface area contributed by atoms with Crippen LogP contribution < -0.4 is 10.1 Å². The number of rotatable bonds is 6. The van der Waals surface area contributed by atoms with Crippen molar-refractivity contribution in [3.05, 3.63) is 59.1 Å². The SMILES string of the molecule is Fc1cccc(Cl)c1OCCNCc1ccccn1. The zero-order chi connectivity index (χ0) is 13.5. The van der Waals surface area contributed by atoms with Crippen molar-refractivity contribution < 1.29 is 9.13 Å². The summed E-state index contributed by atoms with van der Waals surface area (Å²) in [6.45, 7) is 1.57. The molecule has 0 radical (unpaired) electrons. The third-order valence-corrected chi connectivity index (χ3v) is 2.77. The number of hydrogen-bond donors (Lipinski definition) is 1. The minimum atomic E-state index is -0.447. The van der Waals surface area contributed by atoms with E-state index in [0.29, 0.717) is 19.7 Å². The molecule has 100 valence electrons. The topological polar surface area (TPSA) is 34.1 Å². The maximum absolute atomic E-state index is 13.4. The summed E-state index contributed by atoms with van der Waals surface area (Å²) in [6, 6.07) is 10.2. The molecule has 1 aromatic carbocycles. The Morgan fingerprint density at radius 2 is 2.11 bits per heavy atom. The molecule has 0 saturated carbocycles. The first-order valence-electron chi connectivity index (χ1n) is 5.95. The summed E-state index contributed by atoms with van der Waals surface area (Å²) >= 11 is 5.84. The van der Waals surface area contributed by atoms with Gasteiger partial charge >= 0.3 is 0 Å². The summed E-state index contributed by atoms with van der Waals surface area (Å²) in [5, 5.41) is 3.44. The van der Waals surface area contributed by atoms with Crippen molar-refractivity contribution in [2.24, 2.45) is 0 Å². The first kappa shape index (κ1) is 13.8. The van der Waals surface area contributed by atoms with E-state index < -0.39 is 5.82 Å². The Bertz CT molecular complexity index is 502. The van der Waals surface area contributed by atoms with Crippen molar-refractivity contribution >= 4 is 11.6 Å². The van der Waals surface area contributed by atoms with Crippen LogP contribution in [0.3, 0.4) is 0 Å². The van der Waals surface area contributed by atoms with E-state index in [1.54, 1.807) is 18.3 Å². The van der Waals surface area contributed by atoms with E-state index in [1.807, 2.05) is 18.2 Å². The predicted octanol–water partition coefficient (Wildman–Crippen LogP) is 3.04. The molecule has 0 fully saturated rings. The molecule has 0 amide bonds. The number of nitrogens with one attached hydrogen (secondary N) is 1. The number of nitrogens with zero attached hydrogens (tertiary/aromatic N) is 1. The molecule has 1 heterocycles. The maximum atomic E-state index is 13.4. The Balaban J connectivity index is 1.73. The highest BCUT2D eigenvalue weighted by atomic mass is 35.5. The Morgan fingerprint density at radius 1 is 1.21 bits per heavy atom. The van der Waals surface area contributed by atoms with Crippen LogP contribution in [0.5, 0.6) is 5.75 Å². The van der Waals surface area contributed by atoms with Crippen molar-refractivity contribution in [1.29, 1.82) is 0 Å². The van der Waals surface area contributed by atoms with Gasteiger partial charge in [0.15, 0.2) is 11.6 Å². The van der Waals surface area contributed by atoms with Gasteiger partial charge in [0, 0.05) is 19.3 Å². The highest BCUT2D eigenvalue weighted by Gasteiger charge is 2.07. The van der Waals surface area contributed by atoms with Gasteiger partial charge in [-0.05, 0) is 24.3 Å². The van der Waals surface area contributed by atoms with Gasteiger partial charge in [0.05, 0.1) is 10.7 Å². The van der Waals surface area contributed by atoms with Crippen molar-refractivity contribution in [2.75, 3.05) is 13.2 Å². The number of aromatic nitrogens is 1. The summed E-state index contributed by atoms with van der Waals surface area (Å²) < 4.78 is 18.7. The quantitative estimate of drug-likeness (QED) is 0.826. The third-order valence-electron chi connectivity index (χ3n) is 2.48. The molecule has 0 aliphatic carbocycles. The Kier molecular flexibility index (Phi) is 5.12. The highest BCUT2D eigenvalue weighted by molar-refractivity contribution is 6.32. The smallest absolute Gasteiger partial charge is 0.173 e. The van der Waals surface area contributed by atoms with Gasteiger partial charge in [0.1, 0.15) is 6.61 Å². The van der Waals surface area contributed by atoms with Gasteiger partial charge < -0.3 is 10.1 Å². The van der Waals surface area contributed by atoms with Gasteiger partial charge in [-0.3, -0.25) is 4.98 Å². The Morgan fingerprint density at radius 3 is 2.84 bits per heavy atom. The van der Waals surface area contributed by atoms with Crippen LogP contribution in [0.25, 0.3) is 0 Å². The minimum absolute atomic E-state index is 0.101. The number of ether oxygens (including phenoxy) is 1. The van der Waals surface area contributed by atoms with Gasteiger partial charge in [0.2, 0.25) is 0 Å². The molecular formula is C14H14ClFN2O. The van der Waals surface area contributed by atoms with E-state index in [2.05, 4.69) is 10.3 Å². The number of halogens is 2. The molecule has 0 aliphatic rings. The van der Waals surface area contributed by atoms with Crippen molar-refractivity contribution in [2.45, 2.75) is 6.54 Å². The fraction of sp³-hybridized carbons (Fsp3) is 0.214. The van der Waals surface area contributed by atoms with Crippen LogP contribution in [0, 0.1) is 5.82 Å². The summed E-state index contributed by atoms with van der Waals surface area (Å²) in [5.41, 5.74) is 0.950. The van der Waals surface area contributed by atoms with Crippen LogP contribution in [0.4, 0.5) is 4.39 Å². The molecule has 0 spiro atoms. The fourth-order valence-corrected chi connectivity index (χ4v) is 1.78. The first-order chi connectivity index (χ1) is 9.27. The summed E-state index contributed by atoms with van der Waals surface area (Å²) in [6.07, 6.45) is 1.74. The fourth-order valence-electron chi connectivity index (χ4n) is 1.56. The lowest BCUT2D eigenvalue weighted by molar-refractivity contribution is 0.298. The second kappa shape index (κ2) is 7.07. The molecule has 0 unspecified atom stereocenters. The van der Waals surface area contributed by atoms with E-state index >= 15 is 0 Å². The zero-order valence-electron chi connectivity index (χ0n) is 10.3. The number of pyridine rings is 1. The maximum Gasteiger partial charge on any atom is 0.173 e. The van der Waals surface area contributed by atoms with Crippen molar-refractivity contribution in [1.82, 2.24) is 10.3 Å². The Hall–Kier alpha value is -1.65. The standard InChI is InChI=1S/C14H14ClFN2O/c15-12-5-3-6-13(16)14(12)19-9-8-17-10-11-4-1-2-7-18-11/h1-7,17H,8-10H2. The van der Waals surface area contributed by atoms with Gasteiger partial charge in [0.25, 0.3) is 0 Å². The lowest BCUT2D eigenvalue weighted by atomic mass is 10.3. The number of benzene rings is 1. The lowest BCUT2D eigenvalue weighted by Crippen LogP contribution is -2.21. The predicted molar refractivity (Wildman–Crippen MR) is 72.8 cm³/mol. The van der Waals surface area contributed by atoms with Crippen LogP contribution in [0.1, 0.15) is 5.69 Å². The molecule has 0 bridgehead atoms. The van der Waals surface area contributed by atoms with Crippen molar-refractivity contribution in [3.8, 4) is 5.75 Å². The van der Waals surface area contributed by atoms with Gasteiger partial charge in [-0.15, -0.1) is 0 Å². The molecule has 19 heavy (non-hydrogen) atoms. The normalized spacial score (nSPS) is 10.4. The van der Waals surface area contributed by atoms with Gasteiger partial charge in [-0.25, -0.2) is 4.39 Å². The second-order valence-corrected chi connectivity index (χ2v) is 4.30. The highest BCUT2D eigenvalue weighted by Crippen LogP contribution is 2.26. The monoisotopic (exact) mass is 280 g/mol. The summed E-state index contributed by atoms with van der Waals surface area (Å²) in [4.78, 5) is 4.18. The molecular weight excluding hydrogens is 267 g/mol. The minimum Gasteiger partial charge on any atom is -0.488 e. The number of para-hydroxylation sites is 1. The Labute approximate surface area is 116 Å². The van der Waals surface area contributed by atoms with Crippen LogP contribution in [-0.4, -0.2) is 18.1 Å². The molecule has 2 rings (SSSR count). The third kappa shape index (κ3) is 4.19. The summed E-state index contributed by atoms with van der Waals surface area (Å²) in [5.74, 6) is -0.346. The molecule has 3 nitrogen and oxygen atoms in total. The first-order valence-corrected chi connectivity index (χ1v) is 6.32. The van der Waals surface area contributed by atoms with E-state index in [0.717, 1.165) is 5.69 Å². The second-order valence-electron chi connectivity index (χ2n) is 3.90.